The van der Waals surface area contributed by atoms with Gasteiger partial charge in [0.25, 0.3) is 0 Å². The van der Waals surface area contributed by atoms with Crippen LogP contribution in [0, 0.1) is 0 Å². The molecule has 0 unspecified atom stereocenters. The summed E-state index contributed by atoms with van der Waals surface area (Å²) >= 11 is 0. The standard InChI is InChI=1S/C6H11N/c1-3-5-6-7-4-2/h4-6H,3H2,1-2H3/b6-5-,7-4-. The predicted molar refractivity (Wildman–Crippen MR) is 33.6 cm³/mol. The third-order valence-corrected chi connectivity index (χ3v) is 0.576. The minimum Gasteiger partial charge on any atom is -0.270 e. The second-order valence-electron chi connectivity index (χ2n) is 1.20. The van der Waals surface area contributed by atoms with E-state index in [-0.39, 0.29) is 0 Å². The van der Waals surface area contributed by atoms with E-state index >= 15 is 0 Å². The second kappa shape index (κ2) is 5.41. The van der Waals surface area contributed by atoms with Crippen molar-refractivity contribution in [3.63, 3.8) is 0 Å². The summed E-state index contributed by atoms with van der Waals surface area (Å²) in [6.45, 7) is 3.99. The summed E-state index contributed by atoms with van der Waals surface area (Å²) in [5.41, 5.74) is 0. The van der Waals surface area contributed by atoms with Crippen molar-refractivity contribution in [2.75, 3.05) is 0 Å². The van der Waals surface area contributed by atoms with Crippen LogP contribution < -0.4 is 0 Å². The maximum Gasteiger partial charge on any atom is 0.0223 e. The Labute approximate surface area is 44.8 Å². The van der Waals surface area contributed by atoms with E-state index in [0.29, 0.717) is 0 Å². The van der Waals surface area contributed by atoms with Gasteiger partial charge < -0.3 is 0 Å². The molecule has 0 radical (unpaired) electrons. The zero-order valence-electron chi connectivity index (χ0n) is 4.89. The van der Waals surface area contributed by atoms with Gasteiger partial charge in [-0.2, -0.15) is 0 Å². The summed E-state index contributed by atoms with van der Waals surface area (Å²) in [6.07, 6.45) is 6.66. The van der Waals surface area contributed by atoms with Crippen LogP contribution >= 0.6 is 0 Å². The molecule has 0 aromatic rings. The van der Waals surface area contributed by atoms with Crippen molar-refractivity contribution in [3.8, 4) is 0 Å². The van der Waals surface area contributed by atoms with Gasteiger partial charge in [-0.05, 0) is 13.3 Å². The van der Waals surface area contributed by atoms with E-state index in [1.165, 1.54) is 0 Å². The Morgan fingerprint density at radius 3 is 2.71 bits per heavy atom. The summed E-state index contributed by atoms with van der Waals surface area (Å²) in [5.74, 6) is 0. The van der Waals surface area contributed by atoms with Crippen LogP contribution in [0.5, 0.6) is 0 Å². The van der Waals surface area contributed by atoms with E-state index in [2.05, 4.69) is 11.9 Å². The van der Waals surface area contributed by atoms with E-state index in [1.54, 1.807) is 12.4 Å². The summed E-state index contributed by atoms with van der Waals surface area (Å²) in [7, 11) is 0. The highest BCUT2D eigenvalue weighted by Crippen LogP contribution is 1.77. The Balaban J connectivity index is 3.09. The Hall–Kier alpha value is -0.590. The smallest absolute Gasteiger partial charge is 0.0223 e. The molecular formula is C6H11N. The third kappa shape index (κ3) is 5.41. The molecule has 1 heteroatoms. The lowest BCUT2D eigenvalue weighted by molar-refractivity contribution is 1.21. The molecule has 0 aliphatic rings. The Morgan fingerprint density at radius 2 is 2.29 bits per heavy atom. The van der Waals surface area contributed by atoms with Crippen LogP contribution in [0.25, 0.3) is 0 Å². The predicted octanol–water partition coefficient (Wildman–Crippen LogP) is 2.00. The molecule has 0 saturated carbocycles. The maximum absolute atomic E-state index is 3.86. The van der Waals surface area contributed by atoms with Gasteiger partial charge in [0.1, 0.15) is 0 Å². The van der Waals surface area contributed by atoms with Crippen LogP contribution in [0.4, 0.5) is 0 Å². The number of hydrogen-bond donors (Lipinski definition) is 0. The second-order valence-corrected chi connectivity index (χ2v) is 1.20. The lowest BCUT2D eigenvalue weighted by atomic mass is 10.5. The zero-order chi connectivity index (χ0) is 5.54. The largest absolute Gasteiger partial charge is 0.270 e. The number of aliphatic imine (C=N–C) groups is 1. The molecular weight excluding hydrogens is 86.1 g/mol. The van der Waals surface area contributed by atoms with E-state index in [0.717, 1.165) is 6.42 Å². The van der Waals surface area contributed by atoms with Gasteiger partial charge in [0.2, 0.25) is 0 Å². The molecule has 0 saturated heterocycles. The van der Waals surface area contributed by atoms with E-state index < -0.39 is 0 Å². The monoisotopic (exact) mass is 97.1 g/mol. The van der Waals surface area contributed by atoms with Crippen molar-refractivity contribution in [1.82, 2.24) is 0 Å². The van der Waals surface area contributed by atoms with Crippen LogP contribution in [0.2, 0.25) is 0 Å². The molecule has 0 atom stereocenters. The first-order chi connectivity index (χ1) is 3.41. The summed E-state index contributed by atoms with van der Waals surface area (Å²) in [4.78, 5) is 3.86. The molecule has 0 rings (SSSR count). The van der Waals surface area contributed by atoms with Crippen molar-refractivity contribution in [1.29, 1.82) is 0 Å². The average Bonchev–Trinajstić information content (AvgIpc) is 1.69. The Morgan fingerprint density at radius 1 is 1.57 bits per heavy atom. The molecule has 7 heavy (non-hydrogen) atoms. The molecule has 40 valence electrons. The first-order valence-corrected chi connectivity index (χ1v) is 2.54. The first kappa shape index (κ1) is 6.41. The highest BCUT2D eigenvalue weighted by molar-refractivity contribution is 5.54. The quantitative estimate of drug-likeness (QED) is 0.467. The Kier molecular flexibility index (Phi) is 4.95. The fraction of sp³-hybridized carbons (Fsp3) is 0.500. The van der Waals surface area contributed by atoms with Crippen LogP contribution in [0.3, 0.4) is 0 Å². The van der Waals surface area contributed by atoms with Crippen molar-refractivity contribution in [2.45, 2.75) is 20.3 Å². The third-order valence-electron chi connectivity index (χ3n) is 0.576. The van der Waals surface area contributed by atoms with Gasteiger partial charge in [-0.1, -0.05) is 13.0 Å². The van der Waals surface area contributed by atoms with Crippen LogP contribution in [0.15, 0.2) is 17.3 Å². The lowest BCUT2D eigenvalue weighted by Crippen LogP contribution is -1.53. The average molecular weight is 97.2 g/mol. The molecule has 0 amide bonds. The van der Waals surface area contributed by atoms with Crippen molar-refractivity contribution < 1.29 is 0 Å². The molecule has 0 aromatic heterocycles. The fourth-order valence-corrected chi connectivity index (χ4v) is 0.252. The molecule has 0 fully saturated rings. The van der Waals surface area contributed by atoms with Crippen molar-refractivity contribution >= 4 is 6.21 Å². The normalized spacial score (nSPS) is 11.7. The van der Waals surface area contributed by atoms with Gasteiger partial charge in [0, 0.05) is 12.4 Å². The summed E-state index contributed by atoms with van der Waals surface area (Å²) in [5, 5.41) is 0. The lowest BCUT2D eigenvalue weighted by Gasteiger charge is -1.71. The molecule has 0 bridgehead atoms. The highest BCUT2D eigenvalue weighted by Gasteiger charge is 1.58. The molecule has 0 aliphatic carbocycles. The van der Waals surface area contributed by atoms with Crippen LogP contribution in [-0.2, 0) is 0 Å². The first-order valence-electron chi connectivity index (χ1n) is 2.54. The topological polar surface area (TPSA) is 12.4 Å². The number of rotatable bonds is 2. The minimum atomic E-state index is 1.07. The molecule has 0 spiro atoms. The van der Waals surface area contributed by atoms with E-state index in [9.17, 15) is 0 Å². The van der Waals surface area contributed by atoms with E-state index in [1.807, 2.05) is 13.0 Å². The highest BCUT2D eigenvalue weighted by atomic mass is 14.6. The molecule has 0 aliphatic heterocycles. The minimum absolute atomic E-state index is 1.07. The summed E-state index contributed by atoms with van der Waals surface area (Å²) < 4.78 is 0. The number of nitrogens with zero attached hydrogens (tertiary/aromatic N) is 1. The van der Waals surface area contributed by atoms with Crippen LogP contribution in [-0.4, -0.2) is 6.21 Å². The number of allylic oxidation sites excluding steroid dienone is 1. The fourth-order valence-electron chi connectivity index (χ4n) is 0.252. The van der Waals surface area contributed by atoms with Crippen molar-refractivity contribution in [2.24, 2.45) is 4.99 Å². The van der Waals surface area contributed by atoms with Gasteiger partial charge in [0.15, 0.2) is 0 Å². The Bertz CT molecular complexity index is 72.2. The summed E-state index contributed by atoms with van der Waals surface area (Å²) in [6, 6.07) is 0. The zero-order valence-corrected chi connectivity index (χ0v) is 4.89. The molecule has 1 nitrogen and oxygen atoms in total. The van der Waals surface area contributed by atoms with Gasteiger partial charge >= 0.3 is 0 Å². The van der Waals surface area contributed by atoms with Gasteiger partial charge in [-0.3, -0.25) is 4.99 Å². The maximum atomic E-state index is 3.86. The van der Waals surface area contributed by atoms with Gasteiger partial charge in [-0.25, -0.2) is 0 Å². The van der Waals surface area contributed by atoms with E-state index in [4.69, 9.17) is 0 Å². The number of hydrogen-bond acceptors (Lipinski definition) is 1. The van der Waals surface area contributed by atoms with Crippen molar-refractivity contribution in [3.05, 3.63) is 12.3 Å². The van der Waals surface area contributed by atoms with Crippen LogP contribution in [0.1, 0.15) is 20.3 Å². The SMILES string of the molecule is C/C=N\C=C/CC. The van der Waals surface area contributed by atoms with Gasteiger partial charge in [0.05, 0.1) is 0 Å². The molecule has 0 N–H and O–H groups in total. The van der Waals surface area contributed by atoms with Gasteiger partial charge in [-0.15, -0.1) is 0 Å². The molecule has 0 aromatic carbocycles. The molecule has 0 heterocycles.